The van der Waals surface area contributed by atoms with Gasteiger partial charge in [-0.05, 0) is 65.2 Å². The lowest BCUT2D eigenvalue weighted by Gasteiger charge is -2.48. The van der Waals surface area contributed by atoms with Crippen LogP contribution in [0.25, 0.3) is 0 Å². The van der Waals surface area contributed by atoms with Crippen LogP contribution in [0.1, 0.15) is 40.2 Å². The SMILES string of the molecule is CC(C)Oc1ccc(N=c2[nH]c(=O)n(CC3(CO[Si](c4ccccc4)(c4ccccc4)C(C)(C)C)COC3)c(=O)n2Cc2ccc(Cl)cc2)cc1Cl. The highest BCUT2D eigenvalue weighted by atomic mass is 35.5. The van der Waals surface area contributed by atoms with Crippen molar-refractivity contribution in [3.05, 3.63) is 145 Å². The molecular weight excluding hydrogens is 715 g/mol. The first-order chi connectivity index (χ1) is 24.8. The minimum absolute atomic E-state index is 0.0653. The molecule has 4 aromatic carbocycles. The van der Waals surface area contributed by atoms with Crippen molar-refractivity contribution < 1.29 is 13.9 Å². The zero-order valence-corrected chi connectivity index (χ0v) is 32.6. The van der Waals surface area contributed by atoms with Gasteiger partial charge in [0.15, 0.2) is 0 Å². The van der Waals surface area contributed by atoms with E-state index in [0.717, 1.165) is 15.9 Å². The van der Waals surface area contributed by atoms with Gasteiger partial charge in [-0.15, -0.1) is 0 Å². The first-order valence-corrected chi connectivity index (χ1v) is 20.0. The molecule has 1 N–H and O–H groups in total. The number of nitrogens with zero attached hydrogens (tertiary/aromatic N) is 3. The molecule has 0 aliphatic carbocycles. The van der Waals surface area contributed by atoms with E-state index in [-0.39, 0.29) is 29.8 Å². The summed E-state index contributed by atoms with van der Waals surface area (Å²) in [6.07, 6.45) is -0.0653. The van der Waals surface area contributed by atoms with E-state index in [0.29, 0.717) is 41.3 Å². The summed E-state index contributed by atoms with van der Waals surface area (Å²) in [7, 11) is -2.90. The molecule has 0 bridgehead atoms. The highest BCUT2D eigenvalue weighted by Crippen LogP contribution is 2.39. The van der Waals surface area contributed by atoms with E-state index in [1.807, 2.05) is 62.4 Å². The van der Waals surface area contributed by atoms with Gasteiger partial charge in [-0.2, -0.15) is 0 Å². The molecule has 0 unspecified atom stereocenters. The molecule has 52 heavy (non-hydrogen) atoms. The molecule has 2 heterocycles. The quantitative estimate of drug-likeness (QED) is 0.151. The van der Waals surface area contributed by atoms with Gasteiger partial charge in [-0.1, -0.05) is 117 Å². The minimum atomic E-state index is -2.90. The predicted molar refractivity (Wildman–Crippen MR) is 209 cm³/mol. The van der Waals surface area contributed by atoms with Crippen LogP contribution in [0, 0.1) is 5.41 Å². The maximum atomic E-state index is 14.4. The number of halogens is 2. The van der Waals surface area contributed by atoms with Crippen molar-refractivity contribution in [3.63, 3.8) is 0 Å². The molecule has 1 fully saturated rings. The van der Waals surface area contributed by atoms with Gasteiger partial charge >= 0.3 is 11.4 Å². The fourth-order valence-electron chi connectivity index (χ4n) is 6.70. The zero-order chi connectivity index (χ0) is 37.1. The Balaban J connectivity index is 1.41. The molecule has 6 rings (SSSR count). The van der Waals surface area contributed by atoms with Crippen molar-refractivity contribution in [1.82, 2.24) is 14.1 Å². The van der Waals surface area contributed by atoms with E-state index in [4.69, 9.17) is 37.1 Å². The highest BCUT2D eigenvalue weighted by molar-refractivity contribution is 6.99. The second kappa shape index (κ2) is 15.4. The van der Waals surface area contributed by atoms with Crippen molar-refractivity contribution >= 4 is 47.6 Å². The summed E-state index contributed by atoms with van der Waals surface area (Å²) < 4.78 is 21.5. The van der Waals surface area contributed by atoms with E-state index in [9.17, 15) is 9.59 Å². The summed E-state index contributed by atoms with van der Waals surface area (Å²) in [5.41, 5.74) is -0.394. The van der Waals surface area contributed by atoms with E-state index >= 15 is 0 Å². The minimum Gasteiger partial charge on any atom is -0.489 e. The van der Waals surface area contributed by atoms with Gasteiger partial charge in [0.2, 0.25) is 5.62 Å². The molecule has 9 nitrogen and oxygen atoms in total. The van der Waals surface area contributed by atoms with Crippen LogP contribution in [0.15, 0.2) is 118 Å². The first kappa shape index (κ1) is 37.6. The fourth-order valence-corrected chi connectivity index (χ4v) is 11.7. The lowest BCUT2D eigenvalue weighted by Crippen LogP contribution is -2.68. The van der Waals surface area contributed by atoms with Gasteiger partial charge in [-0.25, -0.2) is 19.1 Å². The number of hydrogen-bond acceptors (Lipinski definition) is 6. The topological polar surface area (TPSA) is 99.8 Å². The number of benzene rings is 4. The molecule has 0 radical (unpaired) electrons. The molecule has 5 aromatic rings. The van der Waals surface area contributed by atoms with Crippen LogP contribution in [0.4, 0.5) is 5.69 Å². The first-order valence-electron chi connectivity index (χ1n) is 17.3. The number of nitrogens with one attached hydrogen (secondary N) is 1. The maximum Gasteiger partial charge on any atom is 0.335 e. The monoisotopic (exact) mass is 758 g/mol. The Morgan fingerprint density at radius 1 is 0.885 bits per heavy atom. The molecular formula is C40H44Cl2N4O5Si. The Morgan fingerprint density at radius 3 is 2.02 bits per heavy atom. The largest absolute Gasteiger partial charge is 0.489 e. The van der Waals surface area contributed by atoms with Crippen LogP contribution < -0.4 is 32.1 Å². The number of hydrogen-bond donors (Lipinski definition) is 1. The van der Waals surface area contributed by atoms with E-state index < -0.39 is 25.1 Å². The molecule has 0 saturated carbocycles. The lowest BCUT2D eigenvalue weighted by atomic mass is 9.87. The van der Waals surface area contributed by atoms with Crippen LogP contribution >= 0.6 is 23.2 Å². The van der Waals surface area contributed by atoms with Gasteiger partial charge in [0.25, 0.3) is 8.32 Å². The standard InChI is InChI=1S/C40H44Cl2N4O5Si/c1-28(2)51-35-21-20-31(22-34(35)42)43-36-44-37(47)46(38(48)45(36)23-29-16-18-30(41)19-17-29)24-40(25-49-26-40)27-50-52(39(3,4)5,32-12-8-6-9-13-32)33-14-10-7-11-15-33/h6-22,28H,23-27H2,1-5H3,(H,43,44,47). The lowest BCUT2D eigenvalue weighted by molar-refractivity contribution is -0.142. The van der Waals surface area contributed by atoms with E-state index in [1.165, 1.54) is 9.13 Å². The third-order valence-electron chi connectivity index (χ3n) is 9.27. The third-order valence-corrected chi connectivity index (χ3v) is 14.8. The van der Waals surface area contributed by atoms with Crippen LogP contribution in [0.5, 0.6) is 5.75 Å². The number of ether oxygens (including phenoxy) is 2. The average molecular weight is 760 g/mol. The van der Waals surface area contributed by atoms with E-state index in [2.05, 4.69) is 55.0 Å². The van der Waals surface area contributed by atoms with Crippen LogP contribution in [0.3, 0.4) is 0 Å². The van der Waals surface area contributed by atoms with Gasteiger partial charge in [0, 0.05) is 18.2 Å². The fraction of sp³-hybridized carbons (Fsp3) is 0.325. The summed E-state index contributed by atoms with van der Waals surface area (Å²) >= 11 is 12.7. The number of aromatic amines is 1. The zero-order valence-electron chi connectivity index (χ0n) is 30.1. The van der Waals surface area contributed by atoms with Crippen LogP contribution in [-0.4, -0.2) is 48.4 Å². The molecule has 0 amide bonds. The van der Waals surface area contributed by atoms with Gasteiger partial charge < -0.3 is 13.9 Å². The van der Waals surface area contributed by atoms with Crippen molar-refractivity contribution in [2.75, 3.05) is 19.8 Å². The summed E-state index contributed by atoms with van der Waals surface area (Å²) in [5.74, 6) is 0.516. The number of H-pyrrole nitrogens is 1. The molecule has 1 aliphatic heterocycles. The molecule has 12 heteroatoms. The highest BCUT2D eigenvalue weighted by Gasteiger charge is 2.52. The van der Waals surface area contributed by atoms with Crippen molar-refractivity contribution in [1.29, 1.82) is 0 Å². The Bertz CT molecular complexity index is 2150. The van der Waals surface area contributed by atoms with Crippen LogP contribution in [0.2, 0.25) is 15.1 Å². The second-order valence-corrected chi connectivity index (χ2v) is 19.8. The summed E-state index contributed by atoms with van der Waals surface area (Å²) in [4.78, 5) is 35.9. The number of aromatic nitrogens is 3. The third kappa shape index (κ3) is 7.91. The Morgan fingerprint density at radius 2 is 1.50 bits per heavy atom. The number of rotatable bonds is 12. The summed E-state index contributed by atoms with van der Waals surface area (Å²) in [6.45, 7) is 11.7. The van der Waals surface area contributed by atoms with Gasteiger partial charge in [0.05, 0.1) is 42.0 Å². The van der Waals surface area contributed by atoms with Crippen molar-refractivity contribution in [2.24, 2.45) is 10.4 Å². The molecule has 1 aromatic heterocycles. The molecule has 272 valence electrons. The Kier molecular flexibility index (Phi) is 11.1. The van der Waals surface area contributed by atoms with Gasteiger partial charge in [-0.3, -0.25) is 9.55 Å². The van der Waals surface area contributed by atoms with Crippen molar-refractivity contribution in [2.45, 2.75) is 58.9 Å². The van der Waals surface area contributed by atoms with E-state index in [1.54, 1.807) is 30.3 Å². The Labute approximate surface area is 314 Å². The smallest absolute Gasteiger partial charge is 0.335 e. The molecule has 0 spiro atoms. The average Bonchev–Trinajstić information content (AvgIpc) is 3.09. The van der Waals surface area contributed by atoms with Crippen molar-refractivity contribution in [3.8, 4) is 5.75 Å². The van der Waals surface area contributed by atoms with Crippen LogP contribution in [-0.2, 0) is 22.3 Å². The molecule has 1 aliphatic rings. The molecule has 1 saturated heterocycles. The maximum absolute atomic E-state index is 14.4. The summed E-state index contributed by atoms with van der Waals surface area (Å²) in [5, 5.41) is 2.98. The Hall–Kier alpha value is -4.19. The predicted octanol–water partition coefficient (Wildman–Crippen LogP) is 6.31. The van der Waals surface area contributed by atoms with Gasteiger partial charge in [0.1, 0.15) is 5.75 Å². The second-order valence-electron chi connectivity index (χ2n) is 14.7. The summed E-state index contributed by atoms with van der Waals surface area (Å²) in [6, 6.07) is 33.0. The molecule has 0 atom stereocenters. The normalized spacial score (nSPS) is 14.7.